The molecule has 1 nitrogen and oxygen atoms in total. The summed E-state index contributed by atoms with van der Waals surface area (Å²) in [7, 11) is 4.12. The van der Waals surface area contributed by atoms with Gasteiger partial charge in [0.15, 0.2) is 0 Å². The van der Waals surface area contributed by atoms with Gasteiger partial charge in [-0.3, -0.25) is 0 Å². The van der Waals surface area contributed by atoms with Gasteiger partial charge in [-0.25, -0.2) is 0 Å². The number of hydrogen-bond acceptors (Lipinski definition) is 0. The van der Waals surface area contributed by atoms with Gasteiger partial charge in [-0.1, -0.05) is 0 Å². The quantitative estimate of drug-likeness (QED) is 0.463. The van der Waals surface area contributed by atoms with E-state index in [9.17, 15) is 0 Å². The van der Waals surface area contributed by atoms with Gasteiger partial charge in [-0.05, 0) is 0 Å². The Morgan fingerprint density at radius 1 is 0.800 bits per heavy atom. The molecule has 0 radical (unpaired) electrons. The van der Waals surface area contributed by atoms with E-state index in [1.165, 1.54) is 16.9 Å². The zero-order valence-corrected chi connectivity index (χ0v) is 10.7. The van der Waals surface area contributed by atoms with Crippen LogP contribution < -0.4 is 0 Å². The van der Waals surface area contributed by atoms with Gasteiger partial charge in [0.2, 0.25) is 0 Å². The number of rotatable bonds is 0. The van der Waals surface area contributed by atoms with Crippen LogP contribution in [0.3, 0.4) is 0 Å². The summed E-state index contributed by atoms with van der Waals surface area (Å²) in [4.78, 5) is 4.50. The van der Waals surface area contributed by atoms with Crippen LogP contribution in [-0.4, -0.2) is 39.3 Å². The monoisotopic (exact) mass is 264 g/mol. The van der Waals surface area contributed by atoms with E-state index >= 15 is 0 Å². The van der Waals surface area contributed by atoms with Crippen molar-refractivity contribution in [2.45, 2.75) is 0 Å². The minimum absolute atomic E-state index is 0.563. The average Bonchev–Trinajstić information content (AvgIpc) is 2.30. The van der Waals surface area contributed by atoms with Gasteiger partial charge in [0.05, 0.1) is 0 Å². The number of hydrogen-bond donors (Lipinski definition) is 0. The van der Waals surface area contributed by atoms with Crippen LogP contribution in [0, 0.1) is 0 Å². The van der Waals surface area contributed by atoms with Gasteiger partial charge < -0.3 is 0 Å². The second-order valence-corrected chi connectivity index (χ2v) is 5.35. The predicted octanol–water partition coefficient (Wildman–Crippen LogP) is 1.87. The standard InChI is InChI=1S/C13H14NSe/c1-14(2)13-5-3-11(4-6-13)12-7-9-15-10-8-12/h3-10H,1-2H3/q+1. The Kier molecular flexibility index (Phi) is 3.20. The molecule has 2 heteroatoms. The van der Waals surface area contributed by atoms with Crippen molar-refractivity contribution in [3.63, 3.8) is 0 Å². The second-order valence-electron chi connectivity index (χ2n) is 3.64. The van der Waals surface area contributed by atoms with Crippen LogP contribution in [0.5, 0.6) is 0 Å². The van der Waals surface area contributed by atoms with E-state index in [-0.39, 0.29) is 0 Å². The topological polar surface area (TPSA) is 3.01 Å². The fourth-order valence-corrected chi connectivity index (χ4v) is 2.61. The summed E-state index contributed by atoms with van der Waals surface area (Å²) in [5.74, 6) is 0. The normalized spacial score (nSPS) is 18.9. The van der Waals surface area contributed by atoms with Crippen LogP contribution in [0.25, 0.3) is 0 Å². The minimum atomic E-state index is 0.563. The summed E-state index contributed by atoms with van der Waals surface area (Å²) in [6.45, 7) is 0. The van der Waals surface area contributed by atoms with E-state index in [0.717, 1.165) is 0 Å². The first-order valence-electron chi connectivity index (χ1n) is 4.90. The van der Waals surface area contributed by atoms with Gasteiger partial charge in [0, 0.05) is 0 Å². The molecule has 2 rings (SSSR count). The summed E-state index contributed by atoms with van der Waals surface area (Å²) >= 11 is 0.563. The molecule has 0 aromatic rings. The van der Waals surface area contributed by atoms with Gasteiger partial charge in [0.1, 0.15) is 0 Å². The number of nitrogens with zero attached hydrogens (tertiary/aromatic N) is 1. The molecular formula is C13H14NSe+. The van der Waals surface area contributed by atoms with Crippen molar-refractivity contribution < 1.29 is 4.58 Å². The molecule has 0 N–H and O–H groups in total. The first-order valence-corrected chi connectivity index (χ1v) is 6.88. The maximum absolute atomic E-state index is 2.25. The average molecular weight is 263 g/mol. The zero-order valence-electron chi connectivity index (χ0n) is 8.97. The molecule has 0 saturated heterocycles. The van der Waals surface area contributed by atoms with Crippen molar-refractivity contribution in [3.05, 3.63) is 57.6 Å². The van der Waals surface area contributed by atoms with Crippen LogP contribution >= 0.6 is 0 Å². The van der Waals surface area contributed by atoms with Gasteiger partial charge in [0.25, 0.3) is 0 Å². The molecule has 0 aromatic carbocycles. The third-order valence-corrected chi connectivity index (χ3v) is 3.60. The van der Waals surface area contributed by atoms with Crippen molar-refractivity contribution in [2.75, 3.05) is 14.1 Å². The van der Waals surface area contributed by atoms with Gasteiger partial charge in [-0.15, -0.1) is 0 Å². The van der Waals surface area contributed by atoms with E-state index in [1.54, 1.807) is 0 Å². The molecule has 0 amide bonds. The van der Waals surface area contributed by atoms with E-state index in [0.29, 0.717) is 15.0 Å². The van der Waals surface area contributed by atoms with Crippen molar-refractivity contribution in [1.82, 2.24) is 0 Å². The third-order valence-electron chi connectivity index (χ3n) is 2.37. The molecule has 0 bridgehead atoms. The molecular weight excluding hydrogens is 249 g/mol. The fourth-order valence-electron chi connectivity index (χ4n) is 1.47. The molecule has 0 unspecified atom stereocenters. The first-order chi connectivity index (χ1) is 7.27. The fraction of sp³-hybridized carbons (Fsp3) is 0.154. The van der Waals surface area contributed by atoms with Gasteiger partial charge in [-0.2, -0.15) is 0 Å². The summed E-state index contributed by atoms with van der Waals surface area (Å²) < 4.78 is 2.12. The second kappa shape index (κ2) is 4.61. The molecule has 0 atom stereocenters. The van der Waals surface area contributed by atoms with E-state index in [2.05, 4.69) is 65.1 Å². The SMILES string of the molecule is C[N+](C)=C1C=CC(=C2C=C[Se]C=C2)C=C1. The number of allylic oxidation sites excluding steroid dienone is 8. The van der Waals surface area contributed by atoms with E-state index in [4.69, 9.17) is 0 Å². The third kappa shape index (κ3) is 2.47. The Morgan fingerprint density at radius 2 is 1.33 bits per heavy atom. The van der Waals surface area contributed by atoms with Crippen LogP contribution in [0.2, 0.25) is 0 Å². The summed E-state index contributed by atoms with van der Waals surface area (Å²) in [5.41, 5.74) is 3.85. The maximum atomic E-state index is 2.25. The Labute approximate surface area is 97.0 Å². The summed E-state index contributed by atoms with van der Waals surface area (Å²) in [6.07, 6.45) is 13.1. The molecule has 0 fully saturated rings. The molecule has 1 aliphatic heterocycles. The summed E-state index contributed by atoms with van der Waals surface area (Å²) in [5, 5.41) is 0. The molecule has 1 heterocycles. The van der Waals surface area contributed by atoms with Crippen molar-refractivity contribution in [1.29, 1.82) is 0 Å². The molecule has 1 aliphatic carbocycles. The Balaban J connectivity index is 2.31. The molecule has 76 valence electrons. The first kappa shape index (κ1) is 10.4. The van der Waals surface area contributed by atoms with Crippen molar-refractivity contribution in [2.24, 2.45) is 0 Å². The van der Waals surface area contributed by atoms with Crippen LogP contribution in [0.4, 0.5) is 0 Å². The molecule has 0 aromatic heterocycles. The summed E-state index contributed by atoms with van der Waals surface area (Å²) in [6, 6.07) is 0. The molecule has 15 heavy (non-hydrogen) atoms. The van der Waals surface area contributed by atoms with Crippen LogP contribution in [-0.2, 0) is 0 Å². The van der Waals surface area contributed by atoms with Crippen molar-refractivity contribution >= 4 is 20.7 Å². The molecule has 2 aliphatic rings. The van der Waals surface area contributed by atoms with Crippen molar-refractivity contribution in [3.8, 4) is 0 Å². The molecule has 0 spiro atoms. The van der Waals surface area contributed by atoms with Crippen LogP contribution in [0.1, 0.15) is 0 Å². The predicted molar refractivity (Wildman–Crippen MR) is 66.5 cm³/mol. The zero-order chi connectivity index (χ0) is 10.7. The van der Waals surface area contributed by atoms with Gasteiger partial charge >= 0.3 is 96.9 Å². The van der Waals surface area contributed by atoms with E-state index in [1.807, 2.05) is 0 Å². The Hall–Kier alpha value is -1.11. The Morgan fingerprint density at radius 3 is 1.87 bits per heavy atom. The van der Waals surface area contributed by atoms with E-state index < -0.39 is 0 Å². The van der Waals surface area contributed by atoms with Crippen LogP contribution in [0.15, 0.2) is 57.6 Å². The Bertz CT molecular complexity index is 409. The molecule has 0 saturated carbocycles.